The Morgan fingerprint density at radius 1 is 1.88 bits per heavy atom. The standard InChI is InChI=1S/C4H9NO2.Na/c1-3(5)2-4(6)7;/h3H,2,5H2,1H3,(H,6,7);/q;+1/p-1/t3-;/m1./s1. The maximum Gasteiger partial charge on any atom is 1.00 e. The third-order valence-corrected chi connectivity index (χ3v) is 0.489. The summed E-state index contributed by atoms with van der Waals surface area (Å²) in [5.41, 5.74) is 5.07. The van der Waals surface area contributed by atoms with Crippen LogP contribution >= 0.6 is 0 Å². The molecule has 4 heteroatoms. The van der Waals surface area contributed by atoms with Gasteiger partial charge in [-0.05, 0) is 6.92 Å². The van der Waals surface area contributed by atoms with Gasteiger partial charge in [0.15, 0.2) is 0 Å². The normalized spacial score (nSPS) is 11.8. The van der Waals surface area contributed by atoms with E-state index in [0.717, 1.165) is 0 Å². The van der Waals surface area contributed by atoms with Gasteiger partial charge in [-0.1, -0.05) is 0 Å². The number of aliphatic carboxylic acids is 1. The molecule has 1 atom stereocenters. The van der Waals surface area contributed by atoms with E-state index in [-0.39, 0.29) is 42.0 Å². The Balaban J connectivity index is 0. The molecule has 0 heterocycles. The third kappa shape index (κ3) is 9.66. The van der Waals surface area contributed by atoms with Crippen LogP contribution in [0.25, 0.3) is 0 Å². The fourth-order valence-corrected chi connectivity index (χ4v) is 0.263. The minimum atomic E-state index is -1.09. The van der Waals surface area contributed by atoms with Gasteiger partial charge < -0.3 is 15.6 Å². The van der Waals surface area contributed by atoms with E-state index < -0.39 is 5.97 Å². The molecule has 0 aromatic rings. The first kappa shape index (κ1) is 11.3. The van der Waals surface area contributed by atoms with Crippen molar-refractivity contribution in [1.29, 1.82) is 0 Å². The monoisotopic (exact) mass is 125 g/mol. The molecule has 0 radical (unpaired) electrons. The average Bonchev–Trinajstić information content (AvgIpc) is 1.27. The van der Waals surface area contributed by atoms with Crippen molar-refractivity contribution in [2.75, 3.05) is 0 Å². The van der Waals surface area contributed by atoms with Gasteiger partial charge in [-0.25, -0.2) is 0 Å². The largest absolute Gasteiger partial charge is 1.00 e. The van der Waals surface area contributed by atoms with Crippen molar-refractivity contribution >= 4 is 5.97 Å². The van der Waals surface area contributed by atoms with Crippen LogP contribution in [0.4, 0.5) is 0 Å². The number of carboxylic acid groups (broad SMARTS) is 1. The van der Waals surface area contributed by atoms with Crippen LogP contribution in [-0.4, -0.2) is 12.0 Å². The molecule has 0 aromatic heterocycles. The first-order valence-corrected chi connectivity index (χ1v) is 2.08. The second-order valence-corrected chi connectivity index (χ2v) is 1.55. The molecule has 0 rings (SSSR count). The summed E-state index contributed by atoms with van der Waals surface area (Å²) in [6.07, 6.45) is -0.0556. The molecular weight excluding hydrogens is 117 g/mol. The summed E-state index contributed by atoms with van der Waals surface area (Å²) in [7, 11) is 0. The van der Waals surface area contributed by atoms with Crippen LogP contribution in [0.5, 0.6) is 0 Å². The van der Waals surface area contributed by atoms with E-state index in [1.165, 1.54) is 0 Å². The minimum absolute atomic E-state index is 0. The Morgan fingerprint density at radius 3 is 2.25 bits per heavy atom. The number of nitrogens with two attached hydrogens (primary N) is 1. The first-order chi connectivity index (χ1) is 3.13. The zero-order valence-corrected chi connectivity index (χ0v) is 7.18. The van der Waals surface area contributed by atoms with E-state index in [9.17, 15) is 9.90 Å². The molecule has 0 fully saturated rings. The topological polar surface area (TPSA) is 66.2 Å². The van der Waals surface area contributed by atoms with Crippen molar-refractivity contribution in [1.82, 2.24) is 0 Å². The quantitative estimate of drug-likeness (QED) is 0.378. The van der Waals surface area contributed by atoms with E-state index in [2.05, 4.69) is 0 Å². The Kier molecular flexibility index (Phi) is 7.83. The van der Waals surface area contributed by atoms with Crippen molar-refractivity contribution in [2.45, 2.75) is 19.4 Å². The molecule has 8 heavy (non-hydrogen) atoms. The second kappa shape index (κ2) is 5.56. The van der Waals surface area contributed by atoms with Gasteiger partial charge in [-0.15, -0.1) is 0 Å². The molecule has 0 saturated heterocycles. The van der Waals surface area contributed by atoms with Crippen LogP contribution in [0, 0.1) is 0 Å². The predicted octanol–water partition coefficient (Wildman–Crippen LogP) is -4.52. The number of carbonyl (C=O) groups is 1. The number of carboxylic acids is 1. The van der Waals surface area contributed by atoms with Crippen LogP contribution < -0.4 is 40.4 Å². The van der Waals surface area contributed by atoms with Crippen LogP contribution in [0.1, 0.15) is 13.3 Å². The molecule has 0 aliphatic heterocycles. The molecule has 42 valence electrons. The summed E-state index contributed by atoms with van der Waals surface area (Å²) in [5.74, 6) is -1.09. The maximum absolute atomic E-state index is 9.62. The average molecular weight is 125 g/mol. The molecule has 2 N–H and O–H groups in total. The smallest absolute Gasteiger partial charge is 0.550 e. The van der Waals surface area contributed by atoms with Crippen molar-refractivity contribution in [3.63, 3.8) is 0 Å². The Bertz CT molecular complexity index is 74.4. The number of carbonyl (C=O) groups excluding carboxylic acids is 1. The Hall–Kier alpha value is 0.430. The number of rotatable bonds is 2. The second-order valence-electron chi connectivity index (χ2n) is 1.55. The first-order valence-electron chi connectivity index (χ1n) is 2.08. The van der Waals surface area contributed by atoms with Crippen LogP contribution in [-0.2, 0) is 4.79 Å². The SMILES string of the molecule is C[C@@H](N)CC(=O)[O-].[Na+]. The van der Waals surface area contributed by atoms with E-state index in [4.69, 9.17) is 5.73 Å². The summed E-state index contributed by atoms with van der Waals surface area (Å²) >= 11 is 0. The van der Waals surface area contributed by atoms with E-state index in [0.29, 0.717) is 0 Å². The van der Waals surface area contributed by atoms with E-state index in [1.807, 2.05) is 0 Å². The van der Waals surface area contributed by atoms with Gasteiger partial charge in [0.1, 0.15) is 0 Å². The number of hydrogen-bond acceptors (Lipinski definition) is 3. The summed E-state index contributed by atoms with van der Waals surface area (Å²) < 4.78 is 0. The summed E-state index contributed by atoms with van der Waals surface area (Å²) in [4.78, 5) is 9.62. The molecular formula is C4H8NNaO2. The van der Waals surface area contributed by atoms with Gasteiger partial charge in [-0.2, -0.15) is 0 Å². The molecule has 0 aliphatic rings. The third-order valence-electron chi connectivity index (χ3n) is 0.489. The molecule has 0 aliphatic carbocycles. The van der Waals surface area contributed by atoms with Crippen LogP contribution in [0.15, 0.2) is 0 Å². The summed E-state index contributed by atoms with van der Waals surface area (Å²) in [6, 6.07) is -0.287. The zero-order chi connectivity index (χ0) is 5.86. The van der Waals surface area contributed by atoms with Crippen molar-refractivity contribution in [3.8, 4) is 0 Å². The van der Waals surface area contributed by atoms with Gasteiger partial charge >= 0.3 is 29.6 Å². The molecule has 0 saturated carbocycles. The van der Waals surface area contributed by atoms with E-state index >= 15 is 0 Å². The zero-order valence-electron chi connectivity index (χ0n) is 5.18. The van der Waals surface area contributed by atoms with Crippen LogP contribution in [0.3, 0.4) is 0 Å². The molecule has 0 spiro atoms. The Morgan fingerprint density at radius 2 is 2.25 bits per heavy atom. The van der Waals surface area contributed by atoms with Gasteiger partial charge in [-0.3, -0.25) is 0 Å². The molecule has 3 nitrogen and oxygen atoms in total. The summed E-state index contributed by atoms with van der Waals surface area (Å²) in [6.45, 7) is 1.62. The van der Waals surface area contributed by atoms with Crippen molar-refractivity contribution in [2.24, 2.45) is 5.73 Å². The molecule has 0 unspecified atom stereocenters. The minimum Gasteiger partial charge on any atom is -0.550 e. The number of hydrogen-bond donors (Lipinski definition) is 1. The Labute approximate surface area is 70.5 Å². The molecule has 0 amide bonds. The fraction of sp³-hybridized carbons (Fsp3) is 0.750. The van der Waals surface area contributed by atoms with Gasteiger partial charge in [0.25, 0.3) is 0 Å². The summed E-state index contributed by atoms with van der Waals surface area (Å²) in [5, 5.41) is 9.62. The molecule has 0 aromatic carbocycles. The molecule has 0 bridgehead atoms. The van der Waals surface area contributed by atoms with Crippen LogP contribution in [0.2, 0.25) is 0 Å². The fourth-order valence-electron chi connectivity index (χ4n) is 0.263. The van der Waals surface area contributed by atoms with Gasteiger partial charge in [0, 0.05) is 18.4 Å². The maximum atomic E-state index is 9.62. The van der Waals surface area contributed by atoms with Gasteiger partial charge in [0.2, 0.25) is 0 Å². The predicted molar refractivity (Wildman–Crippen MR) is 23.3 cm³/mol. The van der Waals surface area contributed by atoms with Gasteiger partial charge in [0.05, 0.1) is 0 Å². The van der Waals surface area contributed by atoms with E-state index in [1.54, 1.807) is 6.92 Å². The van der Waals surface area contributed by atoms with Crippen molar-refractivity contribution in [3.05, 3.63) is 0 Å². The van der Waals surface area contributed by atoms with Crippen molar-refractivity contribution < 1.29 is 39.5 Å².